The first-order chi connectivity index (χ1) is 10.6. The molecule has 4 nitrogen and oxygen atoms in total. The summed E-state index contributed by atoms with van der Waals surface area (Å²) >= 11 is 9.37. The van der Waals surface area contributed by atoms with E-state index >= 15 is 0 Å². The van der Waals surface area contributed by atoms with E-state index in [1.54, 1.807) is 18.2 Å². The van der Waals surface area contributed by atoms with Gasteiger partial charge in [0.2, 0.25) is 5.91 Å². The second kappa shape index (κ2) is 6.89. The lowest BCUT2D eigenvalue weighted by Crippen LogP contribution is -2.13. The standard InChI is InChI=1S/C15H10ClIN2O2S/c16-9-1-6-13-12(7-9)19-15(21-13)22-8-14(20)18-11-4-2-10(17)3-5-11/h1-7H,8H2,(H,18,20). The minimum atomic E-state index is -0.105. The molecule has 2 aromatic carbocycles. The molecule has 112 valence electrons. The Morgan fingerprint density at radius 2 is 2.05 bits per heavy atom. The zero-order valence-electron chi connectivity index (χ0n) is 11.2. The minimum Gasteiger partial charge on any atom is -0.431 e. The second-order valence-electron chi connectivity index (χ2n) is 4.44. The van der Waals surface area contributed by atoms with Gasteiger partial charge in [0.05, 0.1) is 5.75 Å². The van der Waals surface area contributed by atoms with Crippen molar-refractivity contribution in [2.24, 2.45) is 0 Å². The summed E-state index contributed by atoms with van der Waals surface area (Å²) in [5, 5.41) is 3.89. The summed E-state index contributed by atoms with van der Waals surface area (Å²) in [4.78, 5) is 16.2. The van der Waals surface area contributed by atoms with Crippen molar-refractivity contribution in [3.63, 3.8) is 0 Å². The number of anilines is 1. The number of halogens is 2. The lowest BCUT2D eigenvalue weighted by atomic mass is 10.3. The van der Waals surface area contributed by atoms with E-state index in [9.17, 15) is 4.79 Å². The molecule has 0 saturated heterocycles. The molecule has 1 amide bonds. The summed E-state index contributed by atoms with van der Waals surface area (Å²) in [5.41, 5.74) is 2.12. The molecule has 0 aliphatic rings. The monoisotopic (exact) mass is 444 g/mol. The Labute approximate surface area is 149 Å². The summed E-state index contributed by atoms with van der Waals surface area (Å²) < 4.78 is 6.67. The Bertz CT molecular complexity index is 820. The van der Waals surface area contributed by atoms with Crippen molar-refractivity contribution in [2.45, 2.75) is 5.22 Å². The molecule has 7 heteroatoms. The highest BCUT2D eigenvalue weighted by molar-refractivity contribution is 14.1. The van der Waals surface area contributed by atoms with Crippen LogP contribution < -0.4 is 5.32 Å². The number of thioether (sulfide) groups is 1. The number of nitrogens with zero attached hydrogens (tertiary/aromatic N) is 1. The maximum absolute atomic E-state index is 11.9. The molecule has 1 N–H and O–H groups in total. The zero-order chi connectivity index (χ0) is 15.5. The van der Waals surface area contributed by atoms with Crippen LogP contribution in [-0.4, -0.2) is 16.6 Å². The van der Waals surface area contributed by atoms with E-state index in [-0.39, 0.29) is 11.7 Å². The quantitative estimate of drug-likeness (QED) is 0.463. The van der Waals surface area contributed by atoms with Crippen molar-refractivity contribution in [1.29, 1.82) is 0 Å². The van der Waals surface area contributed by atoms with Crippen LogP contribution in [0.25, 0.3) is 11.1 Å². The molecular weight excluding hydrogens is 435 g/mol. The Morgan fingerprint density at radius 3 is 2.82 bits per heavy atom. The topological polar surface area (TPSA) is 55.1 Å². The zero-order valence-corrected chi connectivity index (χ0v) is 14.9. The average Bonchev–Trinajstić information content (AvgIpc) is 2.89. The van der Waals surface area contributed by atoms with Gasteiger partial charge in [-0.2, -0.15) is 0 Å². The Kier molecular flexibility index (Phi) is 4.90. The van der Waals surface area contributed by atoms with Crippen LogP contribution in [-0.2, 0) is 4.79 Å². The Morgan fingerprint density at radius 1 is 1.27 bits per heavy atom. The number of fused-ring (bicyclic) bond motifs is 1. The highest BCUT2D eigenvalue weighted by atomic mass is 127. The fraction of sp³-hybridized carbons (Fsp3) is 0.0667. The molecule has 3 aromatic rings. The largest absolute Gasteiger partial charge is 0.431 e. The number of benzene rings is 2. The van der Waals surface area contributed by atoms with Gasteiger partial charge < -0.3 is 9.73 Å². The molecule has 0 saturated carbocycles. The fourth-order valence-electron chi connectivity index (χ4n) is 1.80. The number of nitrogens with one attached hydrogen (secondary N) is 1. The number of rotatable bonds is 4. The molecule has 0 fully saturated rings. The number of carbonyl (C=O) groups excluding carboxylic acids is 1. The number of oxazole rings is 1. The van der Waals surface area contributed by atoms with Crippen LogP contribution in [0.2, 0.25) is 5.02 Å². The van der Waals surface area contributed by atoms with E-state index in [4.69, 9.17) is 16.0 Å². The van der Waals surface area contributed by atoms with Crippen LogP contribution in [0.4, 0.5) is 5.69 Å². The number of hydrogen-bond donors (Lipinski definition) is 1. The molecule has 1 aromatic heterocycles. The molecule has 0 atom stereocenters. The van der Waals surface area contributed by atoms with Crippen LogP contribution in [0, 0.1) is 3.57 Å². The highest BCUT2D eigenvalue weighted by Crippen LogP contribution is 2.25. The molecule has 0 spiro atoms. The molecular formula is C15H10ClIN2O2S. The number of carbonyl (C=O) groups is 1. The van der Waals surface area contributed by atoms with Crippen molar-refractivity contribution < 1.29 is 9.21 Å². The van der Waals surface area contributed by atoms with Crippen molar-refractivity contribution in [1.82, 2.24) is 4.98 Å². The predicted octanol–water partition coefficient (Wildman–Crippen LogP) is 4.82. The second-order valence-corrected chi connectivity index (χ2v) is 7.04. The number of aromatic nitrogens is 1. The van der Waals surface area contributed by atoms with Gasteiger partial charge in [-0.05, 0) is 65.1 Å². The molecule has 0 aliphatic carbocycles. The third-order valence-corrected chi connectivity index (χ3v) is 4.57. The van der Waals surface area contributed by atoms with E-state index in [2.05, 4.69) is 32.9 Å². The molecule has 1 heterocycles. The van der Waals surface area contributed by atoms with Gasteiger partial charge in [-0.1, -0.05) is 23.4 Å². The normalized spacial score (nSPS) is 10.8. The van der Waals surface area contributed by atoms with Gasteiger partial charge in [0.15, 0.2) is 5.58 Å². The summed E-state index contributed by atoms with van der Waals surface area (Å²) in [6, 6.07) is 12.8. The minimum absolute atomic E-state index is 0.105. The van der Waals surface area contributed by atoms with Crippen molar-refractivity contribution in [3.8, 4) is 0 Å². The van der Waals surface area contributed by atoms with E-state index in [1.807, 2.05) is 24.3 Å². The van der Waals surface area contributed by atoms with Gasteiger partial charge in [0.1, 0.15) is 5.52 Å². The summed E-state index contributed by atoms with van der Waals surface area (Å²) in [6.45, 7) is 0. The van der Waals surface area contributed by atoms with Gasteiger partial charge in [-0.25, -0.2) is 4.98 Å². The summed E-state index contributed by atoms with van der Waals surface area (Å²) in [6.07, 6.45) is 0. The molecule has 0 bridgehead atoms. The van der Waals surface area contributed by atoms with Crippen molar-refractivity contribution >= 4 is 68.6 Å². The van der Waals surface area contributed by atoms with Crippen molar-refractivity contribution in [3.05, 3.63) is 51.1 Å². The third kappa shape index (κ3) is 3.93. The smallest absolute Gasteiger partial charge is 0.257 e. The predicted molar refractivity (Wildman–Crippen MR) is 97.5 cm³/mol. The molecule has 0 aliphatic heterocycles. The van der Waals surface area contributed by atoms with Crippen LogP contribution in [0.5, 0.6) is 0 Å². The molecule has 3 rings (SSSR count). The van der Waals surface area contributed by atoms with Crippen LogP contribution in [0.1, 0.15) is 0 Å². The van der Waals surface area contributed by atoms with E-state index in [1.165, 1.54) is 11.8 Å². The lowest BCUT2D eigenvalue weighted by Gasteiger charge is -2.03. The molecule has 0 radical (unpaired) electrons. The van der Waals surface area contributed by atoms with Gasteiger partial charge in [0.25, 0.3) is 5.22 Å². The van der Waals surface area contributed by atoms with Crippen LogP contribution >= 0.6 is 46.0 Å². The average molecular weight is 445 g/mol. The first kappa shape index (κ1) is 15.6. The van der Waals surface area contributed by atoms with E-state index in [0.717, 1.165) is 9.26 Å². The Hall–Kier alpha value is -1.25. The third-order valence-electron chi connectivity index (χ3n) is 2.78. The van der Waals surface area contributed by atoms with Gasteiger partial charge in [-0.15, -0.1) is 0 Å². The van der Waals surface area contributed by atoms with Crippen molar-refractivity contribution in [2.75, 3.05) is 11.1 Å². The summed E-state index contributed by atoms with van der Waals surface area (Å²) in [7, 11) is 0. The van der Waals surface area contributed by atoms with E-state index in [0.29, 0.717) is 21.3 Å². The molecule has 0 unspecified atom stereocenters. The first-order valence-corrected chi connectivity index (χ1v) is 8.79. The lowest BCUT2D eigenvalue weighted by molar-refractivity contribution is -0.113. The van der Waals surface area contributed by atoms with E-state index < -0.39 is 0 Å². The number of hydrogen-bond acceptors (Lipinski definition) is 4. The van der Waals surface area contributed by atoms with Gasteiger partial charge in [-0.3, -0.25) is 4.79 Å². The highest BCUT2D eigenvalue weighted by Gasteiger charge is 2.10. The first-order valence-electron chi connectivity index (χ1n) is 6.34. The Balaban J connectivity index is 1.61. The number of amides is 1. The van der Waals surface area contributed by atoms with Gasteiger partial charge in [0, 0.05) is 14.3 Å². The molecule has 22 heavy (non-hydrogen) atoms. The summed E-state index contributed by atoms with van der Waals surface area (Å²) in [5.74, 6) is 0.124. The van der Waals surface area contributed by atoms with Crippen LogP contribution in [0.15, 0.2) is 52.1 Å². The van der Waals surface area contributed by atoms with Crippen LogP contribution in [0.3, 0.4) is 0 Å². The maximum atomic E-state index is 11.9. The van der Waals surface area contributed by atoms with Gasteiger partial charge >= 0.3 is 0 Å². The maximum Gasteiger partial charge on any atom is 0.257 e. The SMILES string of the molecule is O=C(CSc1nc2cc(Cl)ccc2o1)Nc1ccc(I)cc1. The fourth-order valence-corrected chi connectivity index (χ4v) is 2.96.